The maximum Gasteiger partial charge on any atom is 0.415 e. The quantitative estimate of drug-likeness (QED) is 0.345. The van der Waals surface area contributed by atoms with Crippen LogP contribution in [-0.4, -0.2) is 61.8 Å². The second kappa shape index (κ2) is 13.0. The summed E-state index contributed by atoms with van der Waals surface area (Å²) >= 11 is 3.37. The number of nitrogens with zero attached hydrogens (tertiary/aromatic N) is 2. The molecule has 0 spiro atoms. The summed E-state index contributed by atoms with van der Waals surface area (Å²) < 4.78 is 12.4. The summed E-state index contributed by atoms with van der Waals surface area (Å²) in [6.07, 6.45) is 8.46. The highest BCUT2D eigenvalue weighted by Crippen LogP contribution is 2.19. The number of hydrogen-bond acceptors (Lipinski definition) is 4. The molecular formula is C22H33BrN2O3. The van der Waals surface area contributed by atoms with Crippen molar-refractivity contribution in [3.63, 3.8) is 0 Å². The van der Waals surface area contributed by atoms with Crippen molar-refractivity contribution in [3.05, 3.63) is 41.4 Å². The fraction of sp³-hybridized carbons (Fsp3) is 0.591. The standard InChI is InChI=1S/C22H33BrN2O3/c1-3-14-24(2)15-6-4-5-7-18-27-20-12-16-25(17-13-20)22(26)28-21-10-8-19(23)9-11-21/h3,8-11,20H,1,4-7,12-18H2,2H3. The van der Waals surface area contributed by atoms with Crippen LogP contribution in [0.4, 0.5) is 4.79 Å². The Labute approximate surface area is 177 Å². The molecule has 1 aliphatic heterocycles. The molecule has 0 aromatic heterocycles. The van der Waals surface area contributed by atoms with Gasteiger partial charge in [-0.05, 0) is 63.5 Å². The molecule has 1 heterocycles. The van der Waals surface area contributed by atoms with Crippen LogP contribution in [-0.2, 0) is 4.74 Å². The third kappa shape index (κ3) is 8.76. The Hall–Kier alpha value is -1.37. The van der Waals surface area contributed by atoms with Gasteiger partial charge >= 0.3 is 6.09 Å². The smallest absolute Gasteiger partial charge is 0.410 e. The molecule has 0 N–H and O–H groups in total. The maximum absolute atomic E-state index is 12.3. The molecule has 2 rings (SSSR count). The molecular weight excluding hydrogens is 420 g/mol. The molecule has 1 aromatic rings. The normalized spacial score (nSPS) is 15.0. The number of halogens is 1. The lowest BCUT2D eigenvalue weighted by Crippen LogP contribution is -2.42. The van der Waals surface area contributed by atoms with Crippen molar-refractivity contribution in [1.82, 2.24) is 9.80 Å². The van der Waals surface area contributed by atoms with Crippen LogP contribution in [0.15, 0.2) is 41.4 Å². The molecule has 1 aliphatic rings. The summed E-state index contributed by atoms with van der Waals surface area (Å²) in [5.74, 6) is 0.572. The molecule has 156 valence electrons. The van der Waals surface area contributed by atoms with Gasteiger partial charge in [0.15, 0.2) is 0 Å². The van der Waals surface area contributed by atoms with Crippen LogP contribution in [0.1, 0.15) is 38.5 Å². The minimum Gasteiger partial charge on any atom is -0.410 e. The van der Waals surface area contributed by atoms with E-state index in [1.807, 2.05) is 18.2 Å². The van der Waals surface area contributed by atoms with Gasteiger partial charge in [-0.25, -0.2) is 4.79 Å². The molecule has 1 saturated heterocycles. The predicted molar refractivity (Wildman–Crippen MR) is 117 cm³/mol. The van der Waals surface area contributed by atoms with Crippen LogP contribution in [0.2, 0.25) is 0 Å². The van der Waals surface area contributed by atoms with E-state index in [0.717, 1.165) is 43.4 Å². The second-order valence-electron chi connectivity index (χ2n) is 7.34. The number of unbranched alkanes of at least 4 members (excludes halogenated alkanes) is 3. The average Bonchev–Trinajstić information content (AvgIpc) is 2.69. The van der Waals surface area contributed by atoms with Gasteiger partial charge in [0.2, 0.25) is 0 Å². The van der Waals surface area contributed by atoms with Gasteiger partial charge < -0.3 is 19.3 Å². The summed E-state index contributed by atoms with van der Waals surface area (Å²) in [5, 5.41) is 0. The molecule has 0 bridgehead atoms. The number of rotatable bonds is 11. The van der Waals surface area contributed by atoms with E-state index in [1.54, 1.807) is 17.0 Å². The molecule has 1 amide bonds. The SMILES string of the molecule is C=CCN(C)CCCCCCOC1CCN(C(=O)Oc2ccc(Br)cc2)CC1. The maximum atomic E-state index is 12.3. The zero-order valence-electron chi connectivity index (χ0n) is 16.9. The summed E-state index contributed by atoms with van der Waals surface area (Å²) in [7, 11) is 2.13. The topological polar surface area (TPSA) is 42.0 Å². The van der Waals surface area contributed by atoms with Crippen molar-refractivity contribution in [3.8, 4) is 5.75 Å². The molecule has 1 aromatic carbocycles. The van der Waals surface area contributed by atoms with Gasteiger partial charge in [-0.2, -0.15) is 0 Å². The van der Waals surface area contributed by atoms with Gasteiger partial charge in [-0.15, -0.1) is 6.58 Å². The first-order chi connectivity index (χ1) is 13.6. The van der Waals surface area contributed by atoms with Crippen molar-refractivity contribution >= 4 is 22.0 Å². The summed E-state index contributed by atoms with van der Waals surface area (Å²) in [6, 6.07) is 7.30. The Bertz CT molecular complexity index is 586. The number of likely N-dealkylation sites (N-methyl/N-ethyl adjacent to an activating group) is 1. The third-order valence-corrected chi connectivity index (χ3v) is 5.48. The van der Waals surface area contributed by atoms with Crippen LogP contribution in [0.5, 0.6) is 5.75 Å². The summed E-state index contributed by atoms with van der Waals surface area (Å²) in [5.41, 5.74) is 0. The number of likely N-dealkylation sites (tertiary alicyclic amines) is 1. The number of carbonyl (C=O) groups excluding carboxylic acids is 1. The number of carbonyl (C=O) groups is 1. The Morgan fingerprint density at radius 1 is 1.21 bits per heavy atom. The lowest BCUT2D eigenvalue weighted by molar-refractivity contribution is 0.00929. The Kier molecular flexibility index (Phi) is 10.6. The van der Waals surface area contributed by atoms with Crippen LogP contribution < -0.4 is 4.74 Å². The molecule has 0 radical (unpaired) electrons. The Morgan fingerprint density at radius 3 is 2.57 bits per heavy atom. The third-order valence-electron chi connectivity index (χ3n) is 4.95. The van der Waals surface area contributed by atoms with Gasteiger partial charge in [0, 0.05) is 30.7 Å². The van der Waals surface area contributed by atoms with Gasteiger partial charge in [-0.3, -0.25) is 0 Å². The zero-order chi connectivity index (χ0) is 20.2. The van der Waals surface area contributed by atoms with Crippen molar-refractivity contribution in [2.45, 2.75) is 44.6 Å². The molecule has 28 heavy (non-hydrogen) atoms. The predicted octanol–water partition coefficient (Wildman–Crippen LogP) is 5.11. The van der Waals surface area contributed by atoms with Crippen LogP contribution >= 0.6 is 15.9 Å². The fourth-order valence-corrected chi connectivity index (χ4v) is 3.54. The lowest BCUT2D eigenvalue weighted by atomic mass is 10.1. The first kappa shape index (κ1) is 22.9. The minimum atomic E-state index is -0.276. The molecule has 0 unspecified atom stereocenters. The van der Waals surface area contributed by atoms with E-state index in [1.165, 1.54) is 19.3 Å². The van der Waals surface area contributed by atoms with Crippen molar-refractivity contribution < 1.29 is 14.3 Å². The molecule has 5 nitrogen and oxygen atoms in total. The van der Waals surface area contributed by atoms with Crippen LogP contribution in [0.25, 0.3) is 0 Å². The first-order valence-corrected chi connectivity index (χ1v) is 11.0. The highest BCUT2D eigenvalue weighted by atomic mass is 79.9. The number of benzene rings is 1. The second-order valence-corrected chi connectivity index (χ2v) is 8.26. The summed E-state index contributed by atoms with van der Waals surface area (Å²) in [4.78, 5) is 16.3. The van der Waals surface area contributed by atoms with Crippen molar-refractivity contribution in [1.29, 1.82) is 0 Å². The van der Waals surface area contributed by atoms with Crippen LogP contribution in [0, 0.1) is 0 Å². The first-order valence-electron chi connectivity index (χ1n) is 10.2. The molecule has 1 fully saturated rings. The van der Waals surface area contributed by atoms with E-state index < -0.39 is 0 Å². The van der Waals surface area contributed by atoms with Gasteiger partial charge in [0.1, 0.15) is 5.75 Å². The average molecular weight is 453 g/mol. The summed E-state index contributed by atoms with van der Waals surface area (Å²) in [6.45, 7) is 8.04. The highest BCUT2D eigenvalue weighted by molar-refractivity contribution is 9.10. The Balaban J connectivity index is 1.52. The monoisotopic (exact) mass is 452 g/mol. The van der Waals surface area contributed by atoms with Crippen molar-refractivity contribution in [2.75, 3.05) is 39.8 Å². The van der Waals surface area contributed by atoms with E-state index in [9.17, 15) is 4.79 Å². The number of hydrogen-bond donors (Lipinski definition) is 0. The largest absolute Gasteiger partial charge is 0.415 e. The highest BCUT2D eigenvalue weighted by Gasteiger charge is 2.24. The van der Waals surface area contributed by atoms with Gasteiger partial charge in [0.05, 0.1) is 6.10 Å². The van der Waals surface area contributed by atoms with Crippen molar-refractivity contribution in [2.24, 2.45) is 0 Å². The van der Waals surface area contributed by atoms with E-state index >= 15 is 0 Å². The number of amides is 1. The number of piperidine rings is 1. The molecule has 0 saturated carbocycles. The number of ether oxygens (including phenoxy) is 2. The van der Waals surface area contributed by atoms with E-state index in [4.69, 9.17) is 9.47 Å². The zero-order valence-corrected chi connectivity index (χ0v) is 18.5. The fourth-order valence-electron chi connectivity index (χ4n) is 3.27. The van der Waals surface area contributed by atoms with Gasteiger partial charge in [0.25, 0.3) is 0 Å². The minimum absolute atomic E-state index is 0.260. The van der Waals surface area contributed by atoms with Gasteiger partial charge in [-0.1, -0.05) is 34.8 Å². The van der Waals surface area contributed by atoms with E-state index in [2.05, 4.69) is 34.5 Å². The molecule has 0 aliphatic carbocycles. The molecule has 0 atom stereocenters. The lowest BCUT2D eigenvalue weighted by Gasteiger charge is -2.31. The van der Waals surface area contributed by atoms with E-state index in [0.29, 0.717) is 18.8 Å². The van der Waals surface area contributed by atoms with E-state index in [-0.39, 0.29) is 12.2 Å². The van der Waals surface area contributed by atoms with Crippen LogP contribution in [0.3, 0.4) is 0 Å². The molecule has 6 heteroatoms. The Morgan fingerprint density at radius 2 is 1.89 bits per heavy atom.